The van der Waals surface area contributed by atoms with Crippen molar-refractivity contribution in [3.8, 4) is 6.07 Å². The molecule has 1 aliphatic heterocycles. The molecule has 1 aliphatic carbocycles. The van der Waals surface area contributed by atoms with Gasteiger partial charge in [0.05, 0.1) is 11.5 Å². The second-order valence-electron chi connectivity index (χ2n) is 4.52. The molecule has 2 nitrogen and oxygen atoms in total. The van der Waals surface area contributed by atoms with E-state index in [-0.39, 0.29) is 18.3 Å². The topological polar surface area (TPSA) is 27.0 Å². The first-order valence-electron chi connectivity index (χ1n) is 5.07. The number of piperidine rings is 1. The number of alkyl halides is 2. The zero-order chi connectivity index (χ0) is 10.2. The molecule has 0 aromatic rings. The number of likely N-dealkylation sites (tertiary alicyclic amines) is 1. The lowest BCUT2D eigenvalue weighted by Gasteiger charge is -2.32. The molecule has 2 rings (SSSR count). The van der Waals surface area contributed by atoms with E-state index in [4.69, 9.17) is 5.26 Å². The van der Waals surface area contributed by atoms with Crippen LogP contribution in [0.1, 0.15) is 25.7 Å². The van der Waals surface area contributed by atoms with Gasteiger partial charge < -0.3 is 4.90 Å². The molecule has 0 radical (unpaired) electrons. The van der Waals surface area contributed by atoms with Crippen molar-refractivity contribution in [3.05, 3.63) is 0 Å². The van der Waals surface area contributed by atoms with Crippen LogP contribution in [0.15, 0.2) is 0 Å². The van der Waals surface area contributed by atoms with Gasteiger partial charge in [0, 0.05) is 32.5 Å². The fraction of sp³-hybridized carbons (Fsp3) is 0.900. The summed E-state index contributed by atoms with van der Waals surface area (Å²) in [6.45, 7) is 1.58. The van der Waals surface area contributed by atoms with Crippen LogP contribution in [-0.2, 0) is 0 Å². The zero-order valence-corrected chi connectivity index (χ0v) is 8.10. The Balaban J connectivity index is 1.82. The SMILES string of the molecule is N#CC1(CN2CCC(F)(F)CC2)CC1. The van der Waals surface area contributed by atoms with E-state index in [1.54, 1.807) is 0 Å². The predicted molar refractivity (Wildman–Crippen MR) is 47.9 cm³/mol. The van der Waals surface area contributed by atoms with Crippen LogP contribution < -0.4 is 0 Å². The molecule has 0 aromatic carbocycles. The Morgan fingerprint density at radius 2 is 1.71 bits per heavy atom. The van der Waals surface area contributed by atoms with Crippen LogP contribution in [0.3, 0.4) is 0 Å². The van der Waals surface area contributed by atoms with E-state index in [2.05, 4.69) is 6.07 Å². The van der Waals surface area contributed by atoms with Crippen molar-refractivity contribution in [1.82, 2.24) is 4.90 Å². The van der Waals surface area contributed by atoms with Gasteiger partial charge in [-0.15, -0.1) is 0 Å². The third-order valence-corrected chi connectivity index (χ3v) is 3.20. The highest BCUT2D eigenvalue weighted by molar-refractivity contribution is 5.11. The maximum Gasteiger partial charge on any atom is 0.250 e. The van der Waals surface area contributed by atoms with Gasteiger partial charge in [-0.3, -0.25) is 0 Å². The lowest BCUT2D eigenvalue weighted by Crippen LogP contribution is -2.41. The summed E-state index contributed by atoms with van der Waals surface area (Å²) in [5, 5.41) is 8.87. The van der Waals surface area contributed by atoms with Crippen LogP contribution in [0.2, 0.25) is 0 Å². The average Bonchev–Trinajstić information content (AvgIpc) is 2.90. The molecule has 4 heteroatoms. The van der Waals surface area contributed by atoms with Gasteiger partial charge in [-0.1, -0.05) is 0 Å². The number of nitriles is 1. The highest BCUT2D eigenvalue weighted by atomic mass is 19.3. The lowest BCUT2D eigenvalue weighted by atomic mass is 10.0. The minimum absolute atomic E-state index is 0.0471. The molecule has 1 heterocycles. The van der Waals surface area contributed by atoms with E-state index in [1.807, 2.05) is 4.90 Å². The van der Waals surface area contributed by atoms with Crippen molar-refractivity contribution in [2.75, 3.05) is 19.6 Å². The van der Waals surface area contributed by atoms with E-state index in [0.717, 1.165) is 12.8 Å². The van der Waals surface area contributed by atoms with E-state index in [9.17, 15) is 8.78 Å². The highest BCUT2D eigenvalue weighted by Gasteiger charge is 2.46. The third kappa shape index (κ3) is 2.03. The van der Waals surface area contributed by atoms with Crippen molar-refractivity contribution in [1.29, 1.82) is 5.26 Å². The minimum atomic E-state index is -2.47. The molecule has 0 amide bonds. The van der Waals surface area contributed by atoms with Gasteiger partial charge in [-0.25, -0.2) is 8.78 Å². The van der Waals surface area contributed by atoms with E-state index in [0.29, 0.717) is 19.6 Å². The van der Waals surface area contributed by atoms with Crippen LogP contribution in [0.5, 0.6) is 0 Å². The summed E-state index contributed by atoms with van der Waals surface area (Å²) in [4.78, 5) is 2.01. The Morgan fingerprint density at radius 1 is 1.14 bits per heavy atom. The van der Waals surface area contributed by atoms with Crippen LogP contribution in [0, 0.1) is 16.7 Å². The second-order valence-corrected chi connectivity index (χ2v) is 4.52. The Labute approximate surface area is 82.5 Å². The average molecular weight is 200 g/mol. The Morgan fingerprint density at radius 3 is 2.14 bits per heavy atom. The molecule has 0 N–H and O–H groups in total. The van der Waals surface area contributed by atoms with Crippen molar-refractivity contribution in [2.45, 2.75) is 31.6 Å². The molecular weight excluding hydrogens is 186 g/mol. The quantitative estimate of drug-likeness (QED) is 0.681. The maximum atomic E-state index is 12.8. The van der Waals surface area contributed by atoms with Crippen molar-refractivity contribution in [3.63, 3.8) is 0 Å². The molecule has 0 unspecified atom stereocenters. The maximum absolute atomic E-state index is 12.8. The highest BCUT2D eigenvalue weighted by Crippen LogP contribution is 2.46. The largest absolute Gasteiger partial charge is 0.301 e. The Kier molecular flexibility index (Phi) is 2.23. The first kappa shape index (κ1) is 9.85. The fourth-order valence-electron chi connectivity index (χ4n) is 1.92. The summed E-state index contributed by atoms with van der Waals surface area (Å²) in [6.07, 6.45) is 1.79. The minimum Gasteiger partial charge on any atom is -0.301 e. The van der Waals surface area contributed by atoms with Gasteiger partial charge in [-0.2, -0.15) is 5.26 Å². The van der Waals surface area contributed by atoms with Crippen molar-refractivity contribution in [2.24, 2.45) is 5.41 Å². The zero-order valence-electron chi connectivity index (χ0n) is 8.10. The van der Waals surface area contributed by atoms with Gasteiger partial charge in [0.25, 0.3) is 5.92 Å². The predicted octanol–water partition coefficient (Wildman–Crippen LogP) is 2.02. The first-order chi connectivity index (χ1) is 6.55. The number of hydrogen-bond acceptors (Lipinski definition) is 2. The number of hydrogen-bond donors (Lipinski definition) is 0. The van der Waals surface area contributed by atoms with Crippen LogP contribution in [0.25, 0.3) is 0 Å². The normalized spacial score (nSPS) is 29.5. The molecule has 0 bridgehead atoms. The van der Waals surface area contributed by atoms with Crippen LogP contribution in [0.4, 0.5) is 8.78 Å². The Hall–Kier alpha value is -0.690. The number of halogens is 2. The molecule has 0 atom stereocenters. The van der Waals surface area contributed by atoms with Gasteiger partial charge in [-0.05, 0) is 12.8 Å². The molecule has 78 valence electrons. The van der Waals surface area contributed by atoms with Crippen molar-refractivity contribution >= 4 is 0 Å². The smallest absolute Gasteiger partial charge is 0.250 e. The summed E-state index contributed by atoms with van der Waals surface area (Å²) < 4.78 is 25.6. The molecule has 14 heavy (non-hydrogen) atoms. The van der Waals surface area contributed by atoms with E-state index < -0.39 is 5.92 Å². The molecule has 1 saturated carbocycles. The molecule has 2 aliphatic rings. The molecule has 1 saturated heterocycles. The standard InChI is InChI=1S/C10H14F2N2/c11-10(12)3-5-14(6-4-10)8-9(7-13)1-2-9/h1-6,8H2. The Bertz CT molecular complexity index is 256. The lowest BCUT2D eigenvalue weighted by molar-refractivity contribution is -0.0569. The van der Waals surface area contributed by atoms with Crippen LogP contribution in [-0.4, -0.2) is 30.5 Å². The monoisotopic (exact) mass is 200 g/mol. The molecule has 0 aromatic heterocycles. The summed E-state index contributed by atoms with van der Waals surface area (Å²) in [7, 11) is 0. The van der Waals surface area contributed by atoms with Crippen LogP contribution >= 0.6 is 0 Å². The molecule has 0 spiro atoms. The second kappa shape index (κ2) is 3.16. The third-order valence-electron chi connectivity index (χ3n) is 3.20. The summed E-state index contributed by atoms with van der Waals surface area (Å²) in [6, 6.07) is 2.29. The molecular formula is C10H14F2N2. The fourth-order valence-corrected chi connectivity index (χ4v) is 1.92. The van der Waals surface area contributed by atoms with Gasteiger partial charge >= 0.3 is 0 Å². The van der Waals surface area contributed by atoms with Gasteiger partial charge in [0.2, 0.25) is 0 Å². The summed E-state index contributed by atoms with van der Waals surface area (Å²) in [5.74, 6) is -2.47. The van der Waals surface area contributed by atoms with E-state index in [1.165, 1.54) is 0 Å². The molecule has 2 fully saturated rings. The van der Waals surface area contributed by atoms with Gasteiger partial charge in [0.1, 0.15) is 0 Å². The van der Waals surface area contributed by atoms with Gasteiger partial charge in [0.15, 0.2) is 0 Å². The first-order valence-corrected chi connectivity index (χ1v) is 5.07. The van der Waals surface area contributed by atoms with E-state index >= 15 is 0 Å². The number of nitrogens with zero attached hydrogens (tertiary/aromatic N) is 2. The number of rotatable bonds is 2. The summed E-state index contributed by atoms with van der Waals surface area (Å²) >= 11 is 0. The van der Waals surface area contributed by atoms with Crippen molar-refractivity contribution < 1.29 is 8.78 Å². The summed E-state index contributed by atoms with van der Waals surface area (Å²) in [5.41, 5.74) is -0.188.